The van der Waals surface area contributed by atoms with Crippen LogP contribution in [0.25, 0.3) is 11.3 Å². The minimum atomic E-state index is 0.0445. The SMILES string of the molecule is CCC(N)c1nc(-c2ccc(OC)c(C)c2)cs1. The van der Waals surface area contributed by atoms with E-state index in [0.717, 1.165) is 34.0 Å². The van der Waals surface area contributed by atoms with Crippen LogP contribution < -0.4 is 10.5 Å². The lowest BCUT2D eigenvalue weighted by molar-refractivity contribution is 0.412. The summed E-state index contributed by atoms with van der Waals surface area (Å²) in [5, 5.41) is 3.06. The summed E-state index contributed by atoms with van der Waals surface area (Å²) in [6, 6.07) is 6.14. The molecule has 1 aromatic carbocycles. The molecule has 1 unspecified atom stereocenters. The molecule has 1 heterocycles. The van der Waals surface area contributed by atoms with Crippen molar-refractivity contribution in [2.24, 2.45) is 5.73 Å². The van der Waals surface area contributed by atoms with Gasteiger partial charge in [-0.25, -0.2) is 4.98 Å². The van der Waals surface area contributed by atoms with E-state index in [1.165, 1.54) is 0 Å². The Morgan fingerprint density at radius 1 is 1.44 bits per heavy atom. The Labute approximate surface area is 112 Å². The third-order valence-electron chi connectivity index (χ3n) is 2.97. The second-order valence-corrected chi connectivity index (χ2v) is 5.16. The van der Waals surface area contributed by atoms with Gasteiger partial charge in [0, 0.05) is 10.9 Å². The van der Waals surface area contributed by atoms with Crippen LogP contribution in [0.2, 0.25) is 0 Å². The van der Waals surface area contributed by atoms with E-state index in [9.17, 15) is 0 Å². The molecule has 0 aliphatic heterocycles. The Kier molecular flexibility index (Phi) is 3.99. The normalized spacial score (nSPS) is 12.4. The first-order valence-electron chi connectivity index (χ1n) is 6.01. The number of aromatic nitrogens is 1. The van der Waals surface area contributed by atoms with E-state index < -0.39 is 0 Å². The molecular formula is C14H18N2OS. The van der Waals surface area contributed by atoms with E-state index in [0.29, 0.717) is 0 Å². The molecule has 3 nitrogen and oxygen atoms in total. The number of thiazole rings is 1. The van der Waals surface area contributed by atoms with Gasteiger partial charge < -0.3 is 10.5 Å². The van der Waals surface area contributed by atoms with Crippen molar-refractivity contribution in [1.82, 2.24) is 4.98 Å². The summed E-state index contributed by atoms with van der Waals surface area (Å²) in [7, 11) is 1.68. The van der Waals surface area contributed by atoms with Gasteiger partial charge in [-0.05, 0) is 37.1 Å². The van der Waals surface area contributed by atoms with Crippen LogP contribution in [0.15, 0.2) is 23.6 Å². The van der Waals surface area contributed by atoms with Gasteiger partial charge in [-0.15, -0.1) is 11.3 Å². The number of rotatable bonds is 4. The van der Waals surface area contributed by atoms with E-state index in [4.69, 9.17) is 10.5 Å². The van der Waals surface area contributed by atoms with Crippen molar-refractivity contribution in [3.63, 3.8) is 0 Å². The average molecular weight is 262 g/mol. The molecule has 0 amide bonds. The Morgan fingerprint density at radius 3 is 2.83 bits per heavy atom. The first-order valence-corrected chi connectivity index (χ1v) is 6.89. The summed E-state index contributed by atoms with van der Waals surface area (Å²) in [6.45, 7) is 4.11. The number of nitrogens with two attached hydrogens (primary N) is 1. The molecule has 0 radical (unpaired) electrons. The van der Waals surface area contributed by atoms with Crippen molar-refractivity contribution in [1.29, 1.82) is 0 Å². The molecule has 0 saturated carbocycles. The molecular weight excluding hydrogens is 244 g/mol. The van der Waals surface area contributed by atoms with Gasteiger partial charge >= 0.3 is 0 Å². The molecule has 2 rings (SSSR count). The summed E-state index contributed by atoms with van der Waals surface area (Å²) in [4.78, 5) is 4.60. The molecule has 0 spiro atoms. The number of methoxy groups -OCH3 is 1. The third kappa shape index (κ3) is 2.54. The van der Waals surface area contributed by atoms with Crippen LogP contribution in [0.3, 0.4) is 0 Å². The van der Waals surface area contributed by atoms with Crippen molar-refractivity contribution in [2.45, 2.75) is 26.3 Å². The number of hydrogen-bond acceptors (Lipinski definition) is 4. The van der Waals surface area contributed by atoms with Crippen LogP contribution in [0.5, 0.6) is 5.75 Å². The third-order valence-corrected chi connectivity index (χ3v) is 3.95. The fourth-order valence-electron chi connectivity index (χ4n) is 1.80. The van der Waals surface area contributed by atoms with Gasteiger partial charge in [0.1, 0.15) is 10.8 Å². The van der Waals surface area contributed by atoms with E-state index in [1.807, 2.05) is 19.1 Å². The monoisotopic (exact) mass is 262 g/mol. The molecule has 4 heteroatoms. The van der Waals surface area contributed by atoms with Gasteiger partial charge in [0.15, 0.2) is 0 Å². The van der Waals surface area contributed by atoms with Crippen LogP contribution in [-0.2, 0) is 0 Å². The van der Waals surface area contributed by atoms with Gasteiger partial charge in [-0.1, -0.05) is 6.92 Å². The second kappa shape index (κ2) is 5.50. The van der Waals surface area contributed by atoms with Crippen molar-refractivity contribution in [3.8, 4) is 17.0 Å². The second-order valence-electron chi connectivity index (χ2n) is 4.27. The number of benzene rings is 1. The van der Waals surface area contributed by atoms with Gasteiger partial charge in [0.05, 0.1) is 18.8 Å². The summed E-state index contributed by atoms with van der Waals surface area (Å²) >= 11 is 1.63. The van der Waals surface area contributed by atoms with Crippen molar-refractivity contribution in [2.75, 3.05) is 7.11 Å². The number of hydrogen-bond donors (Lipinski definition) is 1. The quantitative estimate of drug-likeness (QED) is 0.916. The number of aryl methyl sites for hydroxylation is 1. The van der Waals surface area contributed by atoms with Crippen LogP contribution in [0, 0.1) is 6.92 Å². The molecule has 1 atom stereocenters. The van der Waals surface area contributed by atoms with Crippen molar-refractivity contribution >= 4 is 11.3 Å². The van der Waals surface area contributed by atoms with Crippen LogP contribution >= 0.6 is 11.3 Å². The molecule has 2 aromatic rings. The van der Waals surface area contributed by atoms with Gasteiger partial charge in [-0.2, -0.15) is 0 Å². The zero-order valence-corrected chi connectivity index (χ0v) is 11.8. The van der Waals surface area contributed by atoms with Gasteiger partial charge in [0.25, 0.3) is 0 Å². The van der Waals surface area contributed by atoms with Crippen LogP contribution in [-0.4, -0.2) is 12.1 Å². The molecule has 1 aromatic heterocycles. The van der Waals surface area contributed by atoms with E-state index in [1.54, 1.807) is 18.4 Å². The lowest BCUT2D eigenvalue weighted by atomic mass is 10.1. The Morgan fingerprint density at radius 2 is 2.22 bits per heavy atom. The molecule has 18 heavy (non-hydrogen) atoms. The maximum absolute atomic E-state index is 5.99. The fraction of sp³-hybridized carbons (Fsp3) is 0.357. The zero-order chi connectivity index (χ0) is 13.1. The summed E-state index contributed by atoms with van der Waals surface area (Å²) < 4.78 is 5.26. The maximum Gasteiger partial charge on any atom is 0.121 e. The summed E-state index contributed by atoms with van der Waals surface area (Å²) in [6.07, 6.45) is 0.911. The molecule has 0 aliphatic rings. The maximum atomic E-state index is 5.99. The molecule has 0 bridgehead atoms. The first-order chi connectivity index (χ1) is 8.65. The Hall–Kier alpha value is -1.39. The lowest BCUT2D eigenvalue weighted by Crippen LogP contribution is -2.07. The van der Waals surface area contributed by atoms with Crippen molar-refractivity contribution in [3.05, 3.63) is 34.2 Å². The smallest absolute Gasteiger partial charge is 0.121 e. The first kappa shape index (κ1) is 13.1. The fourth-order valence-corrected chi connectivity index (χ4v) is 2.72. The van der Waals surface area contributed by atoms with E-state index in [-0.39, 0.29) is 6.04 Å². The number of ether oxygens (including phenoxy) is 1. The highest BCUT2D eigenvalue weighted by Crippen LogP contribution is 2.29. The molecule has 0 aliphatic carbocycles. The molecule has 0 fully saturated rings. The summed E-state index contributed by atoms with van der Waals surface area (Å²) in [5.41, 5.74) is 9.20. The molecule has 2 N–H and O–H groups in total. The standard InChI is InChI=1S/C14H18N2OS/c1-4-11(15)14-16-12(8-18-14)10-5-6-13(17-3)9(2)7-10/h5-8,11H,4,15H2,1-3H3. The minimum absolute atomic E-state index is 0.0445. The Balaban J connectivity index is 2.31. The van der Waals surface area contributed by atoms with Crippen molar-refractivity contribution < 1.29 is 4.74 Å². The van der Waals surface area contributed by atoms with Crippen LogP contribution in [0.1, 0.15) is 30.0 Å². The van der Waals surface area contributed by atoms with Gasteiger partial charge in [-0.3, -0.25) is 0 Å². The van der Waals surface area contributed by atoms with E-state index >= 15 is 0 Å². The summed E-state index contributed by atoms with van der Waals surface area (Å²) in [5.74, 6) is 0.902. The predicted molar refractivity (Wildman–Crippen MR) is 76.1 cm³/mol. The highest BCUT2D eigenvalue weighted by Gasteiger charge is 2.10. The van der Waals surface area contributed by atoms with Crippen LogP contribution in [0.4, 0.5) is 0 Å². The van der Waals surface area contributed by atoms with E-state index in [2.05, 4.69) is 23.4 Å². The largest absolute Gasteiger partial charge is 0.496 e. The Bertz CT molecular complexity index is 536. The lowest BCUT2D eigenvalue weighted by Gasteiger charge is -2.06. The molecule has 96 valence electrons. The number of nitrogens with zero attached hydrogens (tertiary/aromatic N) is 1. The van der Waals surface area contributed by atoms with Gasteiger partial charge in [0.2, 0.25) is 0 Å². The molecule has 0 saturated heterocycles. The zero-order valence-electron chi connectivity index (χ0n) is 10.9. The average Bonchev–Trinajstić information content (AvgIpc) is 2.87. The highest BCUT2D eigenvalue weighted by atomic mass is 32.1. The predicted octanol–water partition coefficient (Wildman–Crippen LogP) is 3.54. The highest BCUT2D eigenvalue weighted by molar-refractivity contribution is 7.10. The minimum Gasteiger partial charge on any atom is -0.496 e. The topological polar surface area (TPSA) is 48.1 Å².